The third kappa shape index (κ3) is 10.1. The van der Waals surface area contributed by atoms with Gasteiger partial charge in [-0.25, -0.2) is 14.0 Å². The van der Waals surface area contributed by atoms with Crippen LogP contribution in [0.1, 0.15) is 88.2 Å². The summed E-state index contributed by atoms with van der Waals surface area (Å²) in [5, 5.41) is 11.5. The molecule has 0 bridgehead atoms. The van der Waals surface area contributed by atoms with Gasteiger partial charge in [0, 0.05) is 31.7 Å². The van der Waals surface area contributed by atoms with Crippen LogP contribution in [0.2, 0.25) is 0 Å². The average Bonchev–Trinajstić information content (AvgIpc) is 3.97. The Morgan fingerprint density at radius 3 is 2.38 bits per heavy atom. The van der Waals surface area contributed by atoms with E-state index in [1.165, 1.54) is 15.9 Å². The minimum absolute atomic E-state index is 0.00644. The van der Waals surface area contributed by atoms with Gasteiger partial charge < -0.3 is 40.4 Å². The van der Waals surface area contributed by atoms with Crippen LogP contribution < -0.4 is 21.3 Å². The first-order valence-electron chi connectivity index (χ1n) is 20.7. The molecule has 5 aliphatic rings. The second-order valence-corrected chi connectivity index (χ2v) is 16.0. The smallest absolute Gasteiger partial charge is 0.410 e. The number of Topliss-reactive ketones (excluding diaryl/α,β-unsaturated/α-hetero) is 1. The molecule has 4 N–H and O–H groups in total. The topological polar surface area (TPSA) is 185 Å². The van der Waals surface area contributed by atoms with Crippen molar-refractivity contribution >= 4 is 47.1 Å². The van der Waals surface area contributed by atoms with Crippen LogP contribution in [0.25, 0.3) is 0 Å². The zero-order valence-electron chi connectivity index (χ0n) is 32.7. The fourth-order valence-electron chi connectivity index (χ4n) is 8.46. The number of anilines is 2. The molecule has 0 spiro atoms. The summed E-state index contributed by atoms with van der Waals surface area (Å²) in [5.74, 6) is -3.30. The van der Waals surface area contributed by atoms with Crippen molar-refractivity contribution in [3.8, 4) is 0 Å². The number of carbonyl (C=O) groups is 6. The molecule has 2 saturated carbocycles. The van der Waals surface area contributed by atoms with E-state index >= 15 is 0 Å². The first kappa shape index (κ1) is 40.9. The molecule has 1 saturated heterocycles. The van der Waals surface area contributed by atoms with Crippen molar-refractivity contribution in [2.24, 2.45) is 5.92 Å². The normalized spacial score (nSPS) is 25.3. The van der Waals surface area contributed by atoms with Crippen molar-refractivity contribution in [3.63, 3.8) is 0 Å². The van der Waals surface area contributed by atoms with Crippen molar-refractivity contribution in [2.45, 2.75) is 120 Å². The van der Waals surface area contributed by atoms with Crippen LogP contribution in [-0.4, -0.2) is 102 Å². The van der Waals surface area contributed by atoms with E-state index in [1.807, 2.05) is 0 Å². The summed E-state index contributed by atoms with van der Waals surface area (Å²) in [5.41, 5.74) is 2.06. The number of rotatable bonds is 5. The molecule has 2 aliphatic carbocycles. The van der Waals surface area contributed by atoms with Crippen LogP contribution in [0, 0.1) is 11.7 Å². The van der Waals surface area contributed by atoms with Gasteiger partial charge >= 0.3 is 12.2 Å². The fourth-order valence-corrected chi connectivity index (χ4v) is 8.46. The number of alkyl carbamates (subject to hydrolysis) is 1. The molecule has 16 heteroatoms. The highest BCUT2D eigenvalue weighted by Crippen LogP contribution is 2.32. The lowest BCUT2D eigenvalue weighted by Gasteiger charge is -2.32. The third-order valence-electron chi connectivity index (χ3n) is 11.9. The number of carbonyl (C=O) groups excluding carboxylic acids is 6. The van der Waals surface area contributed by atoms with Crippen molar-refractivity contribution in [1.29, 1.82) is 0 Å². The number of ketones is 1. The summed E-state index contributed by atoms with van der Waals surface area (Å²) in [6.07, 6.45) is 4.75. The molecule has 3 heterocycles. The van der Waals surface area contributed by atoms with Crippen molar-refractivity contribution in [3.05, 3.63) is 59.4 Å². The van der Waals surface area contributed by atoms with Gasteiger partial charge in [-0.3, -0.25) is 24.1 Å². The third-order valence-corrected chi connectivity index (χ3v) is 11.9. The maximum absolute atomic E-state index is 14.6. The number of hydrogen-bond donors (Lipinski definition) is 4. The van der Waals surface area contributed by atoms with Gasteiger partial charge in [0.25, 0.3) is 5.91 Å². The Bertz CT molecular complexity index is 1850. The molecule has 15 nitrogen and oxygen atoms in total. The van der Waals surface area contributed by atoms with Gasteiger partial charge in [0.2, 0.25) is 17.6 Å². The fraction of sp³-hybridized carbons (Fsp3) is 0.571. The van der Waals surface area contributed by atoms with E-state index in [4.69, 9.17) is 14.2 Å². The molecule has 3 aliphatic heterocycles. The Morgan fingerprint density at radius 2 is 1.62 bits per heavy atom. The molecule has 0 aromatic heterocycles. The minimum Gasteiger partial charge on any atom is -0.446 e. The first-order chi connectivity index (χ1) is 28.1. The summed E-state index contributed by atoms with van der Waals surface area (Å²) in [7, 11) is 0. The molecule has 2 aromatic rings. The van der Waals surface area contributed by atoms with Crippen LogP contribution in [0.3, 0.4) is 0 Å². The Balaban J connectivity index is 1.14. The number of nitrogens with zero attached hydrogens (tertiary/aromatic N) is 2. The second kappa shape index (κ2) is 19.0. The van der Waals surface area contributed by atoms with Gasteiger partial charge in [0.05, 0.1) is 37.1 Å². The highest BCUT2D eigenvalue weighted by atomic mass is 19.1. The number of benzene rings is 2. The van der Waals surface area contributed by atoms with Gasteiger partial charge in [-0.15, -0.1) is 0 Å². The maximum Gasteiger partial charge on any atom is 0.410 e. The van der Waals surface area contributed by atoms with E-state index in [2.05, 4.69) is 21.3 Å². The number of amides is 5. The van der Waals surface area contributed by atoms with Crippen molar-refractivity contribution in [2.75, 3.05) is 36.9 Å². The van der Waals surface area contributed by atoms with E-state index in [1.54, 1.807) is 36.4 Å². The lowest BCUT2D eigenvalue weighted by molar-refractivity contribution is -0.142. The van der Waals surface area contributed by atoms with E-state index in [9.17, 15) is 33.2 Å². The highest BCUT2D eigenvalue weighted by Gasteiger charge is 2.46. The maximum atomic E-state index is 14.6. The monoisotopic (exact) mass is 804 g/mol. The number of fused-ring (bicyclic) bond motifs is 3. The molecular weight excluding hydrogens is 751 g/mol. The number of ether oxygens (including phenoxy) is 3. The molecule has 4 atom stereocenters. The summed E-state index contributed by atoms with van der Waals surface area (Å²) < 4.78 is 31.9. The number of halogens is 1. The zero-order chi connectivity index (χ0) is 40.6. The highest BCUT2D eigenvalue weighted by molar-refractivity contribution is 6.42. The van der Waals surface area contributed by atoms with Crippen molar-refractivity contribution in [1.82, 2.24) is 20.4 Å². The molecule has 2 aromatic carbocycles. The van der Waals surface area contributed by atoms with Crippen LogP contribution in [-0.2, 0) is 46.5 Å². The number of nitrogens with one attached hydrogen (secondary N) is 4. The first-order valence-corrected chi connectivity index (χ1v) is 20.7. The summed E-state index contributed by atoms with van der Waals surface area (Å²) in [6, 6.07) is 8.15. The van der Waals surface area contributed by atoms with E-state index in [-0.39, 0.29) is 50.9 Å². The summed E-state index contributed by atoms with van der Waals surface area (Å²) in [4.78, 5) is 85.7. The van der Waals surface area contributed by atoms with Crippen LogP contribution >= 0.6 is 0 Å². The SMILES string of the molecule is O=C(N[C@H]1CCCCOCCNc2ccccc2NC(=O)C(=O)C(CC2CCC2)NC(=O)[C@@H]2C[C@@H](OC(=O)N3Cc4cccc(F)c4C3)CN2C1=O)OC1CCCC1. The van der Waals surface area contributed by atoms with Gasteiger partial charge in [-0.2, -0.15) is 0 Å². The molecule has 7 rings (SSSR count). The van der Waals surface area contributed by atoms with Gasteiger partial charge in [-0.1, -0.05) is 43.5 Å². The molecule has 58 heavy (non-hydrogen) atoms. The van der Waals surface area contributed by atoms with Crippen molar-refractivity contribution < 1.29 is 47.4 Å². The predicted molar refractivity (Wildman–Crippen MR) is 209 cm³/mol. The van der Waals surface area contributed by atoms with Gasteiger partial charge in [-0.05, 0) is 81.0 Å². The van der Waals surface area contributed by atoms with Crippen LogP contribution in [0.15, 0.2) is 42.5 Å². The number of para-hydroxylation sites is 2. The standard InChI is InChI=1S/C42H53FN6O9/c43-31-14-8-11-27-23-48(25-30(27)31)42(55)58-29-22-36-38(51)46-35(21-26-9-7-10-26)37(50)39(52)45-33-16-4-3-15-32(33)44-18-20-56-19-6-5-17-34(40(53)49(36)24-29)47-41(54)57-28-12-1-2-13-28/h3-4,8,11,14-16,26,28-29,34-36,44H,1-2,5-7,9-10,12-13,17-25H2,(H,45,52)(H,46,51)(H,47,54)/t29-,34+,35?,36+/m1/s1. The Morgan fingerprint density at radius 1 is 0.845 bits per heavy atom. The average molecular weight is 805 g/mol. The summed E-state index contributed by atoms with van der Waals surface area (Å²) in [6.45, 7) is 1.10. The van der Waals surface area contributed by atoms with Gasteiger partial charge in [0.15, 0.2) is 0 Å². The lowest BCUT2D eigenvalue weighted by Crippen LogP contribution is -2.56. The Hall–Kier alpha value is -5.25. The Labute approximate surface area is 337 Å². The number of hydrogen-bond acceptors (Lipinski definition) is 10. The zero-order valence-corrected chi connectivity index (χ0v) is 32.7. The van der Waals surface area contributed by atoms with Crippen LogP contribution in [0.4, 0.5) is 25.4 Å². The largest absolute Gasteiger partial charge is 0.446 e. The predicted octanol–water partition coefficient (Wildman–Crippen LogP) is 4.78. The quantitative estimate of drug-likeness (QED) is 0.307. The molecular formula is C42H53FN6O9. The van der Waals surface area contributed by atoms with E-state index in [0.717, 1.165) is 44.9 Å². The molecule has 5 amide bonds. The Kier molecular flexibility index (Phi) is 13.4. The molecule has 3 fully saturated rings. The second-order valence-electron chi connectivity index (χ2n) is 16.0. The van der Waals surface area contributed by atoms with Gasteiger partial charge in [0.1, 0.15) is 30.1 Å². The van der Waals surface area contributed by atoms with E-state index < -0.39 is 65.7 Å². The summed E-state index contributed by atoms with van der Waals surface area (Å²) >= 11 is 0. The lowest BCUT2D eigenvalue weighted by atomic mass is 9.80. The van der Waals surface area contributed by atoms with E-state index in [0.29, 0.717) is 55.1 Å². The molecule has 0 radical (unpaired) electrons. The molecule has 1 unspecified atom stereocenters. The minimum atomic E-state index is -1.22. The molecule has 312 valence electrons. The van der Waals surface area contributed by atoms with Crippen LogP contribution in [0.5, 0.6) is 0 Å².